The molecule has 2 rings (SSSR count). The first kappa shape index (κ1) is 13.3. The van der Waals surface area contributed by atoms with Crippen molar-refractivity contribution in [3.05, 3.63) is 63.6 Å². The molecule has 0 aliphatic heterocycles. The Morgan fingerprint density at radius 3 is 2.67 bits per heavy atom. The van der Waals surface area contributed by atoms with Crippen LogP contribution in [0.5, 0.6) is 0 Å². The molecule has 0 fully saturated rings. The van der Waals surface area contributed by atoms with Crippen LogP contribution in [-0.2, 0) is 6.42 Å². The van der Waals surface area contributed by atoms with Crippen molar-refractivity contribution in [1.29, 1.82) is 0 Å². The predicted molar refractivity (Wildman–Crippen MR) is 69.3 cm³/mol. The van der Waals surface area contributed by atoms with E-state index in [9.17, 15) is 9.50 Å². The molecule has 0 spiro atoms. The van der Waals surface area contributed by atoms with Crippen LogP contribution in [0.1, 0.15) is 17.2 Å². The molecule has 0 saturated carbocycles. The quantitative estimate of drug-likeness (QED) is 0.930. The molecule has 0 amide bonds. The van der Waals surface area contributed by atoms with E-state index in [2.05, 4.69) is 4.98 Å². The van der Waals surface area contributed by atoms with Gasteiger partial charge in [-0.05, 0) is 23.8 Å². The fraction of sp³-hybridized carbons (Fsp3) is 0.154. The molecule has 0 bridgehead atoms. The molecule has 5 heteroatoms. The summed E-state index contributed by atoms with van der Waals surface area (Å²) in [5, 5.41) is 10.5. The van der Waals surface area contributed by atoms with Crippen molar-refractivity contribution >= 4 is 23.2 Å². The van der Waals surface area contributed by atoms with Crippen LogP contribution in [0.2, 0.25) is 10.0 Å². The molecule has 0 aliphatic carbocycles. The molecular formula is C13H10Cl2FNO. The van der Waals surface area contributed by atoms with Crippen LogP contribution in [0, 0.1) is 5.82 Å². The van der Waals surface area contributed by atoms with E-state index in [4.69, 9.17) is 23.2 Å². The standard InChI is InChI=1S/C13H10Cl2FNO/c14-10-5-8(1-2-12(10)16)6-13(18)9-3-4-17-7-11(9)15/h1-5,7,13,18H,6H2. The van der Waals surface area contributed by atoms with Gasteiger partial charge in [-0.3, -0.25) is 4.98 Å². The van der Waals surface area contributed by atoms with E-state index in [0.717, 1.165) is 5.56 Å². The topological polar surface area (TPSA) is 33.1 Å². The zero-order valence-corrected chi connectivity index (χ0v) is 10.8. The molecule has 18 heavy (non-hydrogen) atoms. The van der Waals surface area contributed by atoms with Crippen molar-refractivity contribution in [3.63, 3.8) is 0 Å². The number of pyridine rings is 1. The fourth-order valence-electron chi connectivity index (χ4n) is 1.66. The monoisotopic (exact) mass is 285 g/mol. The summed E-state index contributed by atoms with van der Waals surface area (Å²) in [7, 11) is 0. The fourth-order valence-corrected chi connectivity index (χ4v) is 2.10. The molecule has 0 saturated heterocycles. The number of nitrogens with zero attached hydrogens (tertiary/aromatic N) is 1. The number of hydrogen-bond donors (Lipinski definition) is 1. The molecule has 94 valence electrons. The largest absolute Gasteiger partial charge is 0.388 e. The number of rotatable bonds is 3. The Bertz CT molecular complexity index is 562. The lowest BCUT2D eigenvalue weighted by Gasteiger charge is -2.12. The van der Waals surface area contributed by atoms with Crippen molar-refractivity contribution in [2.45, 2.75) is 12.5 Å². The molecule has 1 heterocycles. The third kappa shape index (κ3) is 2.99. The van der Waals surface area contributed by atoms with Gasteiger partial charge in [-0.2, -0.15) is 0 Å². The molecule has 1 aromatic heterocycles. The SMILES string of the molecule is OC(Cc1ccc(F)c(Cl)c1)c1ccncc1Cl. The summed E-state index contributed by atoms with van der Waals surface area (Å²) in [4.78, 5) is 3.85. The zero-order chi connectivity index (χ0) is 13.1. The predicted octanol–water partition coefficient (Wildman–Crippen LogP) is 3.80. The normalized spacial score (nSPS) is 12.4. The zero-order valence-electron chi connectivity index (χ0n) is 9.28. The highest BCUT2D eigenvalue weighted by Gasteiger charge is 2.13. The summed E-state index contributed by atoms with van der Waals surface area (Å²) in [6.07, 6.45) is 2.56. The summed E-state index contributed by atoms with van der Waals surface area (Å²) >= 11 is 11.6. The van der Waals surface area contributed by atoms with Gasteiger partial charge in [-0.1, -0.05) is 29.3 Å². The van der Waals surface area contributed by atoms with Crippen LogP contribution in [0.4, 0.5) is 4.39 Å². The van der Waals surface area contributed by atoms with Crippen LogP contribution in [0.3, 0.4) is 0 Å². The minimum Gasteiger partial charge on any atom is -0.388 e. The van der Waals surface area contributed by atoms with Crippen molar-refractivity contribution in [3.8, 4) is 0 Å². The minimum absolute atomic E-state index is 0.0422. The van der Waals surface area contributed by atoms with Crippen LogP contribution >= 0.6 is 23.2 Å². The van der Waals surface area contributed by atoms with Gasteiger partial charge in [-0.15, -0.1) is 0 Å². The first-order valence-corrected chi connectivity index (χ1v) is 6.05. The molecule has 1 N–H and O–H groups in total. The molecule has 1 atom stereocenters. The number of halogens is 3. The summed E-state index contributed by atoms with van der Waals surface area (Å²) in [6.45, 7) is 0. The van der Waals surface area contributed by atoms with E-state index in [1.54, 1.807) is 18.3 Å². The van der Waals surface area contributed by atoms with Crippen LogP contribution in [0.15, 0.2) is 36.7 Å². The number of hydrogen-bond acceptors (Lipinski definition) is 2. The highest BCUT2D eigenvalue weighted by molar-refractivity contribution is 6.31. The van der Waals surface area contributed by atoms with Crippen molar-refractivity contribution in [2.75, 3.05) is 0 Å². The van der Waals surface area contributed by atoms with E-state index in [1.165, 1.54) is 18.3 Å². The van der Waals surface area contributed by atoms with E-state index in [1.807, 2.05) is 0 Å². The first-order valence-electron chi connectivity index (χ1n) is 5.29. The summed E-state index contributed by atoms with van der Waals surface area (Å²) < 4.78 is 13.0. The maximum Gasteiger partial charge on any atom is 0.141 e. The van der Waals surface area contributed by atoms with Crippen LogP contribution in [0.25, 0.3) is 0 Å². The summed E-state index contributed by atoms with van der Waals surface area (Å²) in [6, 6.07) is 6.01. The molecule has 0 radical (unpaired) electrons. The lowest BCUT2D eigenvalue weighted by molar-refractivity contribution is 0.178. The van der Waals surface area contributed by atoms with Gasteiger partial charge in [0.25, 0.3) is 0 Å². The lowest BCUT2D eigenvalue weighted by Crippen LogP contribution is -2.03. The Balaban J connectivity index is 2.19. The Kier molecular flexibility index (Phi) is 4.17. The molecular weight excluding hydrogens is 276 g/mol. The molecule has 1 aromatic carbocycles. The Morgan fingerprint density at radius 1 is 1.22 bits per heavy atom. The van der Waals surface area contributed by atoms with Gasteiger partial charge in [0, 0.05) is 24.4 Å². The minimum atomic E-state index is -0.776. The van der Waals surface area contributed by atoms with Gasteiger partial charge in [-0.25, -0.2) is 4.39 Å². The van der Waals surface area contributed by atoms with Crippen LogP contribution in [-0.4, -0.2) is 10.1 Å². The Labute approximate surface area is 114 Å². The average Bonchev–Trinajstić information content (AvgIpc) is 2.34. The number of aliphatic hydroxyl groups is 1. The van der Waals surface area contributed by atoms with Crippen molar-refractivity contribution in [1.82, 2.24) is 4.98 Å². The lowest BCUT2D eigenvalue weighted by atomic mass is 10.0. The number of aliphatic hydroxyl groups excluding tert-OH is 1. The summed E-state index contributed by atoms with van der Waals surface area (Å²) in [5.41, 5.74) is 1.33. The second kappa shape index (κ2) is 5.65. The van der Waals surface area contributed by atoms with Crippen LogP contribution < -0.4 is 0 Å². The van der Waals surface area contributed by atoms with E-state index in [0.29, 0.717) is 17.0 Å². The van der Waals surface area contributed by atoms with Gasteiger partial charge in [0.05, 0.1) is 16.1 Å². The maximum atomic E-state index is 13.0. The second-order valence-electron chi connectivity index (χ2n) is 3.87. The Hall–Kier alpha value is -1.16. The molecule has 0 aliphatic rings. The summed E-state index contributed by atoms with van der Waals surface area (Å²) in [5.74, 6) is -0.475. The third-order valence-electron chi connectivity index (χ3n) is 2.58. The van der Waals surface area contributed by atoms with E-state index in [-0.39, 0.29) is 5.02 Å². The van der Waals surface area contributed by atoms with Gasteiger partial charge in [0.15, 0.2) is 0 Å². The Morgan fingerprint density at radius 2 is 2.00 bits per heavy atom. The van der Waals surface area contributed by atoms with E-state index < -0.39 is 11.9 Å². The third-order valence-corrected chi connectivity index (χ3v) is 3.18. The number of aromatic nitrogens is 1. The maximum absolute atomic E-state index is 13.0. The first-order chi connectivity index (χ1) is 8.58. The van der Waals surface area contributed by atoms with E-state index >= 15 is 0 Å². The van der Waals surface area contributed by atoms with Crippen molar-refractivity contribution < 1.29 is 9.50 Å². The molecule has 1 unspecified atom stereocenters. The smallest absolute Gasteiger partial charge is 0.141 e. The molecule has 2 aromatic rings. The highest BCUT2D eigenvalue weighted by Crippen LogP contribution is 2.26. The number of benzene rings is 1. The highest BCUT2D eigenvalue weighted by atomic mass is 35.5. The van der Waals surface area contributed by atoms with Gasteiger partial charge in [0.2, 0.25) is 0 Å². The van der Waals surface area contributed by atoms with Crippen molar-refractivity contribution in [2.24, 2.45) is 0 Å². The van der Waals surface area contributed by atoms with Gasteiger partial charge >= 0.3 is 0 Å². The second-order valence-corrected chi connectivity index (χ2v) is 4.68. The van der Waals surface area contributed by atoms with Gasteiger partial charge in [0.1, 0.15) is 5.82 Å². The molecule has 2 nitrogen and oxygen atoms in total. The average molecular weight is 286 g/mol. The van der Waals surface area contributed by atoms with Gasteiger partial charge < -0.3 is 5.11 Å².